The highest BCUT2D eigenvalue weighted by molar-refractivity contribution is 5.94. The van der Waals surface area contributed by atoms with Crippen LogP contribution in [0.4, 0.5) is 0 Å². The van der Waals surface area contributed by atoms with Crippen LogP contribution in [0.25, 0.3) is 0 Å². The van der Waals surface area contributed by atoms with E-state index in [0.29, 0.717) is 23.4 Å². The molecule has 114 valence electrons. The quantitative estimate of drug-likeness (QED) is 0.741. The van der Waals surface area contributed by atoms with Gasteiger partial charge in [0.15, 0.2) is 0 Å². The first-order valence-electron chi connectivity index (χ1n) is 7.09. The molecule has 0 saturated heterocycles. The summed E-state index contributed by atoms with van der Waals surface area (Å²) in [5, 5.41) is 6.07. The molecular formula is C15H27N3O2. The number of ether oxygens (including phenoxy) is 1. The van der Waals surface area contributed by atoms with E-state index in [4.69, 9.17) is 4.74 Å². The van der Waals surface area contributed by atoms with Gasteiger partial charge in [0.05, 0.1) is 6.10 Å². The zero-order valence-electron chi connectivity index (χ0n) is 13.2. The zero-order valence-corrected chi connectivity index (χ0v) is 13.2. The molecule has 1 aliphatic rings. The Hall–Kier alpha value is -1.33. The molecule has 1 rings (SSSR count). The van der Waals surface area contributed by atoms with Gasteiger partial charge >= 0.3 is 0 Å². The number of hydrogen-bond donors (Lipinski definition) is 2. The number of carbonyl (C=O) groups is 1. The van der Waals surface area contributed by atoms with Crippen LogP contribution < -0.4 is 10.6 Å². The van der Waals surface area contributed by atoms with E-state index in [9.17, 15) is 4.79 Å². The molecule has 0 aliphatic carbocycles. The van der Waals surface area contributed by atoms with Gasteiger partial charge in [-0.05, 0) is 27.3 Å². The summed E-state index contributed by atoms with van der Waals surface area (Å²) >= 11 is 0. The third kappa shape index (κ3) is 3.84. The van der Waals surface area contributed by atoms with Crippen molar-refractivity contribution in [2.45, 2.75) is 39.3 Å². The van der Waals surface area contributed by atoms with Crippen molar-refractivity contribution in [1.29, 1.82) is 0 Å². The molecule has 3 unspecified atom stereocenters. The Morgan fingerprint density at radius 2 is 2.20 bits per heavy atom. The Morgan fingerprint density at radius 3 is 2.70 bits per heavy atom. The molecule has 0 fully saturated rings. The normalized spacial score (nSPS) is 20.2. The molecule has 1 aliphatic heterocycles. The second-order valence-corrected chi connectivity index (χ2v) is 5.29. The molecular weight excluding hydrogens is 254 g/mol. The van der Waals surface area contributed by atoms with Crippen molar-refractivity contribution in [2.75, 3.05) is 20.7 Å². The fraction of sp³-hybridized carbons (Fsp3) is 0.667. The third-order valence-corrected chi connectivity index (χ3v) is 4.00. The second kappa shape index (κ2) is 7.45. The van der Waals surface area contributed by atoms with Crippen LogP contribution in [0.15, 0.2) is 24.2 Å². The Morgan fingerprint density at radius 1 is 1.55 bits per heavy atom. The maximum atomic E-state index is 11.6. The summed E-state index contributed by atoms with van der Waals surface area (Å²) in [6.45, 7) is 10.7. The highest BCUT2D eigenvalue weighted by atomic mass is 16.5. The SMILES string of the molecule is C=C1NC(=O)C(C)=CN1CC(C(C)NC)C(CC)OC. The van der Waals surface area contributed by atoms with E-state index < -0.39 is 0 Å². The van der Waals surface area contributed by atoms with Crippen molar-refractivity contribution in [2.24, 2.45) is 5.92 Å². The van der Waals surface area contributed by atoms with Gasteiger partial charge in [-0.1, -0.05) is 13.5 Å². The third-order valence-electron chi connectivity index (χ3n) is 4.00. The fourth-order valence-corrected chi connectivity index (χ4v) is 2.52. The molecule has 20 heavy (non-hydrogen) atoms. The topological polar surface area (TPSA) is 53.6 Å². The summed E-state index contributed by atoms with van der Waals surface area (Å²) in [6, 6.07) is 0.305. The van der Waals surface area contributed by atoms with Crippen molar-refractivity contribution in [3.05, 3.63) is 24.2 Å². The van der Waals surface area contributed by atoms with Gasteiger partial charge in [0, 0.05) is 37.4 Å². The van der Waals surface area contributed by atoms with Gasteiger partial charge in [-0.2, -0.15) is 0 Å². The summed E-state index contributed by atoms with van der Waals surface area (Å²) in [4.78, 5) is 13.6. The summed E-state index contributed by atoms with van der Waals surface area (Å²) in [5.74, 6) is 0.842. The van der Waals surface area contributed by atoms with Crippen LogP contribution in [-0.2, 0) is 9.53 Å². The van der Waals surface area contributed by atoms with Gasteiger partial charge in [-0.3, -0.25) is 4.79 Å². The largest absolute Gasteiger partial charge is 0.381 e. The van der Waals surface area contributed by atoms with E-state index in [-0.39, 0.29) is 12.0 Å². The molecule has 5 nitrogen and oxygen atoms in total. The minimum atomic E-state index is -0.0803. The lowest BCUT2D eigenvalue weighted by molar-refractivity contribution is -0.117. The minimum absolute atomic E-state index is 0.0803. The first kappa shape index (κ1) is 16.7. The monoisotopic (exact) mass is 281 g/mol. The van der Waals surface area contributed by atoms with Crippen LogP contribution in [0.3, 0.4) is 0 Å². The van der Waals surface area contributed by atoms with Crippen LogP contribution in [0, 0.1) is 5.92 Å². The lowest BCUT2D eigenvalue weighted by Gasteiger charge is -2.36. The smallest absolute Gasteiger partial charge is 0.253 e. The molecule has 0 bridgehead atoms. The Labute approximate surface area is 122 Å². The summed E-state index contributed by atoms with van der Waals surface area (Å²) in [5.41, 5.74) is 0.693. The van der Waals surface area contributed by atoms with Gasteiger partial charge in [-0.15, -0.1) is 0 Å². The van der Waals surface area contributed by atoms with Gasteiger partial charge in [0.2, 0.25) is 0 Å². The van der Waals surface area contributed by atoms with Crippen molar-refractivity contribution < 1.29 is 9.53 Å². The predicted octanol–water partition coefficient (Wildman–Crippen LogP) is 1.44. The van der Waals surface area contributed by atoms with E-state index >= 15 is 0 Å². The Bertz CT molecular complexity index is 389. The first-order chi connectivity index (χ1) is 9.44. The number of nitrogens with one attached hydrogen (secondary N) is 2. The van der Waals surface area contributed by atoms with E-state index in [1.165, 1.54) is 0 Å². The lowest BCUT2D eigenvalue weighted by atomic mass is 9.92. The molecule has 0 radical (unpaired) electrons. The first-order valence-corrected chi connectivity index (χ1v) is 7.09. The molecule has 2 N–H and O–H groups in total. The fourth-order valence-electron chi connectivity index (χ4n) is 2.52. The van der Waals surface area contributed by atoms with E-state index in [0.717, 1.165) is 13.0 Å². The van der Waals surface area contributed by atoms with Crippen LogP contribution in [-0.4, -0.2) is 43.7 Å². The predicted molar refractivity (Wildman–Crippen MR) is 80.8 cm³/mol. The molecule has 1 amide bonds. The van der Waals surface area contributed by atoms with Crippen molar-refractivity contribution in [1.82, 2.24) is 15.5 Å². The molecule has 1 heterocycles. The maximum Gasteiger partial charge on any atom is 0.253 e. The second-order valence-electron chi connectivity index (χ2n) is 5.29. The number of nitrogens with zero attached hydrogens (tertiary/aromatic N) is 1. The van der Waals surface area contributed by atoms with E-state index in [1.807, 2.05) is 18.1 Å². The lowest BCUT2D eigenvalue weighted by Crippen LogP contribution is -2.47. The van der Waals surface area contributed by atoms with Gasteiger partial charge in [0.1, 0.15) is 5.82 Å². The number of carbonyl (C=O) groups excluding carboxylic acids is 1. The van der Waals surface area contributed by atoms with E-state index in [2.05, 4.69) is 31.1 Å². The van der Waals surface area contributed by atoms with Crippen molar-refractivity contribution >= 4 is 5.91 Å². The zero-order chi connectivity index (χ0) is 15.3. The maximum absolute atomic E-state index is 11.6. The standard InChI is InChI=1S/C15H27N3O2/c1-7-14(20-6)13(11(3)16-5)9-18-8-10(2)15(19)17-12(18)4/h8,11,13-14,16H,4,7,9H2,1-3,5-6H3,(H,17,19). The average molecular weight is 281 g/mol. The van der Waals surface area contributed by atoms with Crippen molar-refractivity contribution in [3.63, 3.8) is 0 Å². The molecule has 5 heteroatoms. The van der Waals surface area contributed by atoms with Crippen LogP contribution in [0.1, 0.15) is 27.2 Å². The average Bonchev–Trinajstić information content (AvgIpc) is 2.43. The molecule has 3 atom stereocenters. The highest BCUT2D eigenvalue weighted by Crippen LogP contribution is 2.21. The number of amides is 1. The van der Waals surface area contributed by atoms with Crippen LogP contribution >= 0.6 is 0 Å². The number of hydrogen-bond acceptors (Lipinski definition) is 4. The number of methoxy groups -OCH3 is 1. The van der Waals surface area contributed by atoms with Gasteiger partial charge < -0.3 is 20.3 Å². The Balaban J connectivity index is 2.89. The van der Waals surface area contributed by atoms with E-state index in [1.54, 1.807) is 14.0 Å². The van der Waals surface area contributed by atoms with Crippen LogP contribution in [0.5, 0.6) is 0 Å². The summed E-state index contributed by atoms with van der Waals surface area (Å²) in [6.07, 6.45) is 2.97. The van der Waals surface area contributed by atoms with Crippen LogP contribution in [0.2, 0.25) is 0 Å². The van der Waals surface area contributed by atoms with Crippen molar-refractivity contribution in [3.8, 4) is 0 Å². The minimum Gasteiger partial charge on any atom is -0.381 e. The summed E-state index contributed by atoms with van der Waals surface area (Å²) < 4.78 is 5.60. The molecule has 0 aromatic heterocycles. The molecule has 0 saturated carbocycles. The number of rotatable bonds is 7. The molecule has 0 aromatic rings. The van der Waals surface area contributed by atoms with Gasteiger partial charge in [-0.25, -0.2) is 0 Å². The van der Waals surface area contributed by atoms with Gasteiger partial charge in [0.25, 0.3) is 5.91 Å². The Kier molecular flexibility index (Phi) is 6.23. The molecule has 0 aromatic carbocycles. The summed E-state index contributed by atoms with van der Waals surface area (Å²) in [7, 11) is 3.70. The molecule has 0 spiro atoms. The highest BCUT2D eigenvalue weighted by Gasteiger charge is 2.29.